The van der Waals surface area contributed by atoms with Crippen LogP contribution >= 0.6 is 0 Å². The van der Waals surface area contributed by atoms with E-state index in [0.717, 1.165) is 11.3 Å². The molecule has 0 spiro atoms. The van der Waals surface area contributed by atoms with E-state index in [4.69, 9.17) is 4.74 Å². The molecular formula is C22H24N4O4S. The van der Waals surface area contributed by atoms with Crippen molar-refractivity contribution in [2.24, 2.45) is 5.92 Å². The normalized spacial score (nSPS) is 15.5. The maximum atomic E-state index is 12.7. The van der Waals surface area contributed by atoms with Crippen molar-refractivity contribution in [2.75, 3.05) is 25.5 Å². The fourth-order valence-corrected chi connectivity index (χ4v) is 5.21. The van der Waals surface area contributed by atoms with Crippen molar-refractivity contribution in [3.63, 3.8) is 0 Å². The molecule has 162 valence electrons. The molecule has 1 aromatic heterocycles. The van der Waals surface area contributed by atoms with E-state index in [9.17, 15) is 13.2 Å². The van der Waals surface area contributed by atoms with Crippen LogP contribution in [0.25, 0.3) is 11.3 Å². The summed E-state index contributed by atoms with van der Waals surface area (Å²) in [6, 6.07) is 17.7. The number of aromatic nitrogens is 2. The lowest BCUT2D eigenvalue weighted by Crippen LogP contribution is -2.41. The molecule has 2 heterocycles. The number of amides is 1. The van der Waals surface area contributed by atoms with Crippen LogP contribution in [0.3, 0.4) is 0 Å². The molecule has 3 aromatic rings. The van der Waals surface area contributed by atoms with Gasteiger partial charge in [-0.25, -0.2) is 8.42 Å². The molecule has 1 amide bonds. The number of sulfonamides is 1. The number of rotatable bonds is 6. The number of hydrogen-bond acceptors (Lipinski definition) is 5. The fourth-order valence-electron chi connectivity index (χ4n) is 3.72. The highest BCUT2D eigenvalue weighted by molar-refractivity contribution is 7.89. The summed E-state index contributed by atoms with van der Waals surface area (Å²) in [5.41, 5.74) is 1.58. The van der Waals surface area contributed by atoms with Gasteiger partial charge >= 0.3 is 0 Å². The Hall–Kier alpha value is -3.17. The SMILES string of the molecule is COc1ccccc1-c1cc(NC(=O)C2CCN(S(=O)(=O)c3ccccc3)CC2)n[nH]1. The van der Waals surface area contributed by atoms with Gasteiger partial charge in [0.25, 0.3) is 0 Å². The Morgan fingerprint density at radius 2 is 1.77 bits per heavy atom. The van der Waals surface area contributed by atoms with Crippen LogP contribution < -0.4 is 10.1 Å². The molecule has 0 bridgehead atoms. The summed E-state index contributed by atoms with van der Waals surface area (Å²) in [5, 5.41) is 9.93. The first-order valence-electron chi connectivity index (χ1n) is 10.0. The van der Waals surface area contributed by atoms with E-state index in [0.29, 0.717) is 37.5 Å². The summed E-state index contributed by atoms with van der Waals surface area (Å²) < 4.78 is 32.3. The van der Waals surface area contributed by atoms with E-state index in [1.165, 1.54) is 4.31 Å². The highest BCUT2D eigenvalue weighted by Gasteiger charge is 2.32. The summed E-state index contributed by atoms with van der Waals surface area (Å²) >= 11 is 0. The number of hydrogen-bond donors (Lipinski definition) is 2. The molecule has 31 heavy (non-hydrogen) atoms. The van der Waals surface area contributed by atoms with E-state index in [-0.39, 0.29) is 16.7 Å². The molecule has 1 aliphatic rings. The zero-order chi connectivity index (χ0) is 21.8. The maximum Gasteiger partial charge on any atom is 0.243 e. The molecule has 8 nitrogen and oxygen atoms in total. The maximum absolute atomic E-state index is 12.7. The lowest BCUT2D eigenvalue weighted by Gasteiger charge is -2.30. The van der Waals surface area contributed by atoms with Gasteiger partial charge in [-0.15, -0.1) is 0 Å². The smallest absolute Gasteiger partial charge is 0.243 e. The monoisotopic (exact) mass is 440 g/mol. The second kappa shape index (κ2) is 8.91. The zero-order valence-corrected chi connectivity index (χ0v) is 17.9. The van der Waals surface area contributed by atoms with Gasteiger partial charge in [-0.3, -0.25) is 9.89 Å². The van der Waals surface area contributed by atoms with E-state index < -0.39 is 10.0 Å². The standard InChI is InChI=1S/C22H24N4O4S/c1-30-20-10-6-5-9-18(20)19-15-21(25-24-19)23-22(27)16-11-13-26(14-12-16)31(28,29)17-7-3-2-4-8-17/h2-10,15-16H,11-14H2,1H3,(H2,23,24,25,27). The minimum Gasteiger partial charge on any atom is -0.496 e. The second-order valence-corrected chi connectivity index (χ2v) is 9.29. The number of nitrogens with zero attached hydrogens (tertiary/aromatic N) is 2. The Labute approximate surface area is 181 Å². The van der Waals surface area contributed by atoms with Gasteiger partial charge in [-0.2, -0.15) is 9.40 Å². The number of piperidine rings is 1. The predicted octanol–water partition coefficient (Wildman–Crippen LogP) is 3.12. The van der Waals surface area contributed by atoms with Gasteiger partial charge in [0.2, 0.25) is 15.9 Å². The molecule has 0 aliphatic carbocycles. The molecule has 4 rings (SSSR count). The number of benzene rings is 2. The first-order valence-corrected chi connectivity index (χ1v) is 11.5. The van der Waals surface area contributed by atoms with Crippen molar-refractivity contribution in [1.29, 1.82) is 0 Å². The molecular weight excluding hydrogens is 416 g/mol. The van der Waals surface area contributed by atoms with Crippen LogP contribution in [-0.4, -0.2) is 49.0 Å². The summed E-state index contributed by atoms with van der Waals surface area (Å²) in [5.74, 6) is 0.699. The largest absolute Gasteiger partial charge is 0.496 e. The summed E-state index contributed by atoms with van der Waals surface area (Å²) in [4.78, 5) is 13.0. The van der Waals surface area contributed by atoms with Crippen molar-refractivity contribution in [3.8, 4) is 17.0 Å². The van der Waals surface area contributed by atoms with E-state index >= 15 is 0 Å². The van der Waals surface area contributed by atoms with Crippen molar-refractivity contribution in [1.82, 2.24) is 14.5 Å². The fraction of sp³-hybridized carbons (Fsp3) is 0.273. The molecule has 0 saturated carbocycles. The lowest BCUT2D eigenvalue weighted by molar-refractivity contribution is -0.120. The number of carbonyl (C=O) groups is 1. The third kappa shape index (κ3) is 4.47. The van der Waals surface area contributed by atoms with Gasteiger partial charge in [0.1, 0.15) is 5.75 Å². The Kier molecular flexibility index (Phi) is 6.06. The van der Waals surface area contributed by atoms with Crippen LogP contribution in [-0.2, 0) is 14.8 Å². The van der Waals surface area contributed by atoms with Crippen LogP contribution in [0.4, 0.5) is 5.82 Å². The number of ether oxygens (including phenoxy) is 1. The first-order chi connectivity index (χ1) is 15.0. The van der Waals surface area contributed by atoms with Gasteiger partial charge < -0.3 is 10.1 Å². The highest BCUT2D eigenvalue weighted by atomic mass is 32.2. The minimum absolute atomic E-state index is 0.158. The number of methoxy groups -OCH3 is 1. The Morgan fingerprint density at radius 3 is 2.48 bits per heavy atom. The van der Waals surface area contributed by atoms with E-state index in [1.807, 2.05) is 24.3 Å². The third-order valence-electron chi connectivity index (χ3n) is 5.43. The van der Waals surface area contributed by atoms with Crippen LogP contribution in [0.1, 0.15) is 12.8 Å². The van der Waals surface area contributed by atoms with E-state index in [1.54, 1.807) is 43.5 Å². The van der Waals surface area contributed by atoms with Gasteiger partial charge in [-0.05, 0) is 37.1 Å². The molecule has 0 unspecified atom stereocenters. The average Bonchev–Trinajstić information content (AvgIpc) is 3.28. The molecule has 2 aromatic carbocycles. The van der Waals surface area contributed by atoms with Crippen LogP contribution in [0, 0.1) is 5.92 Å². The van der Waals surface area contributed by atoms with Crippen molar-refractivity contribution in [2.45, 2.75) is 17.7 Å². The zero-order valence-electron chi connectivity index (χ0n) is 17.1. The number of aromatic amines is 1. The van der Waals surface area contributed by atoms with Gasteiger partial charge in [0.05, 0.1) is 17.7 Å². The average molecular weight is 441 g/mol. The predicted molar refractivity (Wildman–Crippen MR) is 117 cm³/mol. The lowest BCUT2D eigenvalue weighted by atomic mass is 9.97. The number of anilines is 1. The van der Waals surface area contributed by atoms with Crippen LogP contribution in [0.15, 0.2) is 65.6 Å². The summed E-state index contributed by atoms with van der Waals surface area (Å²) in [6.45, 7) is 0.616. The van der Waals surface area contributed by atoms with Gasteiger partial charge in [0, 0.05) is 30.6 Å². The number of para-hydroxylation sites is 1. The van der Waals surface area contributed by atoms with Crippen LogP contribution in [0.2, 0.25) is 0 Å². The Bertz CT molecular complexity index is 1150. The number of nitrogens with one attached hydrogen (secondary N) is 2. The quantitative estimate of drug-likeness (QED) is 0.613. The number of carbonyl (C=O) groups excluding carboxylic acids is 1. The highest BCUT2D eigenvalue weighted by Crippen LogP contribution is 2.30. The molecule has 2 N–H and O–H groups in total. The second-order valence-electron chi connectivity index (χ2n) is 7.35. The van der Waals surface area contributed by atoms with E-state index in [2.05, 4.69) is 15.5 Å². The van der Waals surface area contributed by atoms with Crippen molar-refractivity contribution >= 4 is 21.7 Å². The van der Waals surface area contributed by atoms with Crippen molar-refractivity contribution in [3.05, 3.63) is 60.7 Å². The Balaban J connectivity index is 1.37. The molecule has 0 radical (unpaired) electrons. The topological polar surface area (TPSA) is 104 Å². The van der Waals surface area contributed by atoms with Gasteiger partial charge in [-0.1, -0.05) is 30.3 Å². The van der Waals surface area contributed by atoms with Crippen molar-refractivity contribution < 1.29 is 17.9 Å². The summed E-state index contributed by atoms with van der Waals surface area (Å²) in [6.07, 6.45) is 0.920. The Morgan fingerprint density at radius 1 is 1.10 bits per heavy atom. The number of H-pyrrole nitrogens is 1. The molecule has 1 saturated heterocycles. The molecule has 0 atom stereocenters. The molecule has 9 heteroatoms. The summed E-state index contributed by atoms with van der Waals surface area (Å²) in [7, 11) is -1.93. The van der Waals surface area contributed by atoms with Crippen LogP contribution in [0.5, 0.6) is 5.75 Å². The minimum atomic E-state index is -3.53. The third-order valence-corrected chi connectivity index (χ3v) is 7.34. The molecule has 1 fully saturated rings. The molecule has 1 aliphatic heterocycles. The first kappa shape index (κ1) is 21.1. The van der Waals surface area contributed by atoms with Gasteiger partial charge in [0.15, 0.2) is 5.82 Å².